The van der Waals surface area contributed by atoms with Crippen LogP contribution in [0.15, 0.2) is 4.99 Å². The largest absolute Gasteiger partial charge is 0.379 e. The van der Waals surface area contributed by atoms with Gasteiger partial charge in [0.05, 0.1) is 13.2 Å². The molecule has 5 heteroatoms. The third-order valence-electron chi connectivity index (χ3n) is 4.30. The summed E-state index contributed by atoms with van der Waals surface area (Å²) < 4.78 is 5.44. The standard InChI is InChI=1S/C15H30N4O/c1-3-4-5-7-17-15(16-2)19-8-6-14(13-19)18-9-11-20-12-10-18/h14H,3-13H2,1-2H3,(H,16,17). The highest BCUT2D eigenvalue weighted by molar-refractivity contribution is 5.80. The van der Waals surface area contributed by atoms with E-state index in [0.717, 1.165) is 51.9 Å². The van der Waals surface area contributed by atoms with Gasteiger partial charge in [-0.15, -0.1) is 0 Å². The van der Waals surface area contributed by atoms with Crippen LogP contribution in [0, 0.1) is 0 Å². The summed E-state index contributed by atoms with van der Waals surface area (Å²) in [5, 5.41) is 3.50. The molecule has 116 valence electrons. The van der Waals surface area contributed by atoms with E-state index < -0.39 is 0 Å². The van der Waals surface area contributed by atoms with Gasteiger partial charge in [0.25, 0.3) is 0 Å². The molecule has 0 bridgehead atoms. The summed E-state index contributed by atoms with van der Waals surface area (Å²) in [6.45, 7) is 9.45. The first-order valence-corrected chi connectivity index (χ1v) is 8.12. The van der Waals surface area contributed by atoms with Gasteiger partial charge < -0.3 is 15.0 Å². The number of unbranched alkanes of at least 4 members (excludes halogenated alkanes) is 2. The molecule has 2 rings (SSSR count). The van der Waals surface area contributed by atoms with Crippen LogP contribution in [0.5, 0.6) is 0 Å². The Morgan fingerprint density at radius 3 is 2.75 bits per heavy atom. The SMILES string of the molecule is CCCCCNC(=NC)N1CCC(N2CCOCC2)C1. The van der Waals surface area contributed by atoms with Crippen LogP contribution in [0.1, 0.15) is 32.6 Å². The zero-order valence-corrected chi connectivity index (χ0v) is 13.1. The van der Waals surface area contributed by atoms with E-state index in [9.17, 15) is 0 Å². The van der Waals surface area contributed by atoms with Gasteiger partial charge in [0.2, 0.25) is 0 Å². The Labute approximate surface area is 123 Å². The third-order valence-corrected chi connectivity index (χ3v) is 4.30. The highest BCUT2D eigenvalue weighted by Crippen LogP contribution is 2.17. The molecule has 1 atom stereocenters. The lowest BCUT2D eigenvalue weighted by Crippen LogP contribution is -2.46. The van der Waals surface area contributed by atoms with Crippen LogP contribution in [0.25, 0.3) is 0 Å². The van der Waals surface area contributed by atoms with Crippen LogP contribution in [-0.2, 0) is 4.74 Å². The topological polar surface area (TPSA) is 40.1 Å². The average molecular weight is 282 g/mol. The number of ether oxygens (including phenoxy) is 1. The van der Waals surface area contributed by atoms with Crippen molar-refractivity contribution in [3.05, 3.63) is 0 Å². The van der Waals surface area contributed by atoms with E-state index in [1.165, 1.54) is 25.7 Å². The third kappa shape index (κ3) is 4.35. The number of hydrogen-bond donors (Lipinski definition) is 1. The number of nitrogens with zero attached hydrogens (tertiary/aromatic N) is 3. The molecule has 2 saturated heterocycles. The van der Waals surface area contributed by atoms with Gasteiger partial charge in [-0.2, -0.15) is 0 Å². The zero-order valence-electron chi connectivity index (χ0n) is 13.1. The molecule has 0 aromatic heterocycles. The molecule has 2 aliphatic heterocycles. The molecule has 2 fully saturated rings. The second kappa shape index (κ2) is 8.47. The quantitative estimate of drug-likeness (QED) is 0.467. The number of nitrogens with one attached hydrogen (secondary N) is 1. The van der Waals surface area contributed by atoms with Gasteiger partial charge in [-0.3, -0.25) is 9.89 Å². The first kappa shape index (κ1) is 15.6. The molecular formula is C15H30N4O. The summed E-state index contributed by atoms with van der Waals surface area (Å²) in [7, 11) is 1.89. The molecule has 20 heavy (non-hydrogen) atoms. The second-order valence-corrected chi connectivity index (χ2v) is 5.72. The minimum atomic E-state index is 0.674. The Morgan fingerprint density at radius 2 is 2.05 bits per heavy atom. The fraction of sp³-hybridized carbons (Fsp3) is 0.933. The fourth-order valence-corrected chi connectivity index (χ4v) is 3.08. The number of guanidine groups is 1. The Hall–Kier alpha value is -0.810. The van der Waals surface area contributed by atoms with E-state index in [2.05, 4.69) is 27.0 Å². The fourth-order valence-electron chi connectivity index (χ4n) is 3.08. The van der Waals surface area contributed by atoms with Crippen molar-refractivity contribution < 1.29 is 4.74 Å². The van der Waals surface area contributed by atoms with E-state index in [0.29, 0.717) is 6.04 Å². The summed E-state index contributed by atoms with van der Waals surface area (Å²) in [5.74, 6) is 1.08. The predicted molar refractivity (Wildman–Crippen MR) is 83.3 cm³/mol. The van der Waals surface area contributed by atoms with Crippen LogP contribution in [0.2, 0.25) is 0 Å². The summed E-state index contributed by atoms with van der Waals surface area (Å²) >= 11 is 0. The normalized spacial score (nSPS) is 25.2. The Kier molecular flexibility index (Phi) is 6.60. The van der Waals surface area contributed by atoms with E-state index in [-0.39, 0.29) is 0 Å². The van der Waals surface area contributed by atoms with Gasteiger partial charge in [0.15, 0.2) is 5.96 Å². The molecule has 1 N–H and O–H groups in total. The zero-order chi connectivity index (χ0) is 14.2. The van der Waals surface area contributed by atoms with Crippen molar-refractivity contribution in [3.8, 4) is 0 Å². The molecule has 0 saturated carbocycles. The number of hydrogen-bond acceptors (Lipinski definition) is 3. The Bertz CT molecular complexity index is 302. The molecule has 5 nitrogen and oxygen atoms in total. The van der Waals surface area contributed by atoms with Crippen LogP contribution in [-0.4, -0.2) is 74.8 Å². The molecule has 2 aliphatic rings. The number of rotatable bonds is 5. The lowest BCUT2D eigenvalue weighted by atomic mass is 10.2. The van der Waals surface area contributed by atoms with Gasteiger partial charge in [0.1, 0.15) is 0 Å². The average Bonchev–Trinajstić information content (AvgIpc) is 2.98. The number of morpholine rings is 1. The van der Waals surface area contributed by atoms with Crippen LogP contribution in [0.4, 0.5) is 0 Å². The number of aliphatic imine (C=N–C) groups is 1. The van der Waals surface area contributed by atoms with Crippen molar-refractivity contribution in [3.63, 3.8) is 0 Å². The molecule has 0 spiro atoms. The van der Waals surface area contributed by atoms with Crippen molar-refractivity contribution in [2.24, 2.45) is 4.99 Å². The smallest absolute Gasteiger partial charge is 0.193 e. The minimum absolute atomic E-state index is 0.674. The molecule has 0 aromatic carbocycles. The molecule has 0 aliphatic carbocycles. The van der Waals surface area contributed by atoms with E-state index in [4.69, 9.17) is 4.74 Å². The summed E-state index contributed by atoms with van der Waals surface area (Å²) in [6.07, 6.45) is 5.04. The van der Waals surface area contributed by atoms with Crippen molar-refractivity contribution in [1.82, 2.24) is 15.1 Å². The highest BCUT2D eigenvalue weighted by Gasteiger charge is 2.29. The van der Waals surface area contributed by atoms with Crippen molar-refractivity contribution in [1.29, 1.82) is 0 Å². The molecule has 1 unspecified atom stereocenters. The van der Waals surface area contributed by atoms with Crippen LogP contribution >= 0.6 is 0 Å². The molecular weight excluding hydrogens is 252 g/mol. The first-order chi connectivity index (χ1) is 9.85. The maximum absolute atomic E-state index is 5.44. The first-order valence-electron chi connectivity index (χ1n) is 8.12. The number of likely N-dealkylation sites (tertiary alicyclic amines) is 1. The molecule has 0 aromatic rings. The van der Waals surface area contributed by atoms with Gasteiger partial charge in [-0.05, 0) is 12.8 Å². The van der Waals surface area contributed by atoms with Gasteiger partial charge >= 0.3 is 0 Å². The Balaban J connectivity index is 1.74. The van der Waals surface area contributed by atoms with Crippen LogP contribution in [0.3, 0.4) is 0 Å². The lowest BCUT2D eigenvalue weighted by molar-refractivity contribution is 0.0195. The van der Waals surface area contributed by atoms with Crippen molar-refractivity contribution in [2.45, 2.75) is 38.6 Å². The van der Waals surface area contributed by atoms with Gasteiger partial charge in [-0.1, -0.05) is 19.8 Å². The predicted octanol–water partition coefficient (Wildman–Crippen LogP) is 1.16. The van der Waals surface area contributed by atoms with E-state index in [1.807, 2.05) is 7.05 Å². The van der Waals surface area contributed by atoms with Gasteiger partial charge in [0, 0.05) is 45.8 Å². The van der Waals surface area contributed by atoms with Gasteiger partial charge in [-0.25, -0.2) is 0 Å². The molecule has 0 amide bonds. The van der Waals surface area contributed by atoms with E-state index in [1.54, 1.807) is 0 Å². The molecule has 0 radical (unpaired) electrons. The Morgan fingerprint density at radius 1 is 1.25 bits per heavy atom. The second-order valence-electron chi connectivity index (χ2n) is 5.72. The summed E-state index contributed by atoms with van der Waals surface area (Å²) in [4.78, 5) is 9.42. The minimum Gasteiger partial charge on any atom is -0.379 e. The van der Waals surface area contributed by atoms with Crippen molar-refractivity contribution >= 4 is 5.96 Å². The van der Waals surface area contributed by atoms with Crippen LogP contribution < -0.4 is 5.32 Å². The summed E-state index contributed by atoms with van der Waals surface area (Å²) in [6, 6.07) is 0.674. The summed E-state index contributed by atoms with van der Waals surface area (Å²) in [5.41, 5.74) is 0. The van der Waals surface area contributed by atoms with E-state index >= 15 is 0 Å². The molecule has 2 heterocycles. The monoisotopic (exact) mass is 282 g/mol. The lowest BCUT2D eigenvalue weighted by Gasteiger charge is -2.32. The maximum Gasteiger partial charge on any atom is 0.193 e. The highest BCUT2D eigenvalue weighted by atomic mass is 16.5. The van der Waals surface area contributed by atoms with Crippen molar-refractivity contribution in [2.75, 3.05) is 53.0 Å². The maximum atomic E-state index is 5.44.